The van der Waals surface area contributed by atoms with Crippen molar-refractivity contribution in [2.45, 2.75) is 11.3 Å². The minimum absolute atomic E-state index is 0.0808. The molecule has 3 aromatic rings. The molecule has 0 radical (unpaired) electrons. The molecule has 0 bridgehead atoms. The zero-order valence-corrected chi connectivity index (χ0v) is 15.3. The van der Waals surface area contributed by atoms with Crippen LogP contribution in [0.2, 0.25) is 5.02 Å². The van der Waals surface area contributed by atoms with E-state index < -0.39 is 11.7 Å². The van der Waals surface area contributed by atoms with Crippen LogP contribution in [-0.4, -0.2) is 33.4 Å². The lowest BCUT2D eigenvalue weighted by atomic mass is 10.3. The molecule has 0 aliphatic rings. The van der Waals surface area contributed by atoms with E-state index in [1.807, 2.05) is 0 Å². The second-order valence-corrected chi connectivity index (χ2v) is 6.64. The molecular weight excluding hydrogens is 405 g/mol. The molecule has 1 N–H and O–H groups in total. The Kier molecular flexibility index (Phi) is 5.47. The number of methoxy groups -OCH3 is 1. The summed E-state index contributed by atoms with van der Waals surface area (Å²) in [7, 11) is 1.48. The fraction of sp³-hybridized carbons (Fsp3) is 0.188. The number of alkyl halides is 3. The third-order valence-electron chi connectivity index (χ3n) is 3.47. The first kappa shape index (κ1) is 19.3. The van der Waals surface area contributed by atoms with Gasteiger partial charge >= 0.3 is 6.18 Å². The first-order valence-corrected chi connectivity index (χ1v) is 8.83. The van der Waals surface area contributed by atoms with Crippen molar-refractivity contribution in [1.29, 1.82) is 0 Å². The van der Waals surface area contributed by atoms with Gasteiger partial charge in [0.2, 0.25) is 5.91 Å². The molecule has 0 fully saturated rings. The van der Waals surface area contributed by atoms with Gasteiger partial charge in [0.15, 0.2) is 10.8 Å². The van der Waals surface area contributed by atoms with Gasteiger partial charge < -0.3 is 10.1 Å². The van der Waals surface area contributed by atoms with Gasteiger partial charge in [-0.25, -0.2) is 0 Å². The molecule has 1 aromatic carbocycles. The van der Waals surface area contributed by atoms with Crippen LogP contribution < -0.4 is 10.1 Å². The van der Waals surface area contributed by atoms with Gasteiger partial charge in [0.1, 0.15) is 5.75 Å². The third-order valence-corrected chi connectivity index (χ3v) is 4.69. The monoisotopic (exact) mass is 416 g/mol. The summed E-state index contributed by atoms with van der Waals surface area (Å²) < 4.78 is 45.2. The van der Waals surface area contributed by atoms with E-state index in [9.17, 15) is 18.0 Å². The Morgan fingerprint density at radius 2 is 2.07 bits per heavy atom. The lowest BCUT2D eigenvalue weighted by Crippen LogP contribution is -2.15. The number of thioether (sulfide) groups is 1. The number of pyridine rings is 1. The molecule has 2 heterocycles. The number of halogens is 4. The second-order valence-electron chi connectivity index (χ2n) is 5.29. The molecule has 11 heteroatoms. The molecule has 0 unspecified atom stereocenters. The summed E-state index contributed by atoms with van der Waals surface area (Å²) in [5.74, 6) is 0.0249. The number of nitrogens with zero attached hydrogens (tertiary/aromatic N) is 3. The minimum atomic E-state index is -4.56. The SMILES string of the molecule is COc1ccccc1NC(=O)CSc1nnc2c(Cl)cc(C(F)(F)F)cn12. The quantitative estimate of drug-likeness (QED) is 0.633. The molecule has 0 aliphatic carbocycles. The number of fused-ring (bicyclic) bond motifs is 1. The van der Waals surface area contributed by atoms with Crippen LogP contribution in [0, 0.1) is 0 Å². The van der Waals surface area contributed by atoms with Crippen LogP contribution in [0.25, 0.3) is 5.65 Å². The molecule has 2 aromatic heterocycles. The van der Waals surface area contributed by atoms with Gasteiger partial charge in [-0.15, -0.1) is 10.2 Å². The van der Waals surface area contributed by atoms with Gasteiger partial charge in [0.05, 0.1) is 29.1 Å². The summed E-state index contributed by atoms with van der Waals surface area (Å²) in [5, 5.41) is 10.2. The molecule has 1 amide bonds. The molecule has 0 saturated carbocycles. The van der Waals surface area contributed by atoms with E-state index in [1.165, 1.54) is 7.11 Å². The van der Waals surface area contributed by atoms with Crippen LogP contribution in [0.4, 0.5) is 18.9 Å². The average molecular weight is 417 g/mol. The Morgan fingerprint density at radius 3 is 2.78 bits per heavy atom. The Morgan fingerprint density at radius 1 is 1.33 bits per heavy atom. The molecule has 3 rings (SSSR count). The summed E-state index contributed by atoms with van der Waals surface area (Å²) in [4.78, 5) is 12.2. The zero-order valence-electron chi connectivity index (χ0n) is 13.7. The number of carbonyl (C=O) groups excluding carboxylic acids is 1. The normalized spacial score (nSPS) is 11.6. The van der Waals surface area contributed by atoms with E-state index in [-0.39, 0.29) is 27.5 Å². The van der Waals surface area contributed by atoms with Crippen molar-refractivity contribution in [1.82, 2.24) is 14.6 Å². The summed E-state index contributed by atoms with van der Waals surface area (Å²) in [6.45, 7) is 0. The number of para-hydroxylation sites is 2. The lowest BCUT2D eigenvalue weighted by Gasteiger charge is -2.10. The molecule has 142 valence electrons. The fourth-order valence-electron chi connectivity index (χ4n) is 2.25. The number of ether oxygens (including phenoxy) is 1. The van der Waals surface area contributed by atoms with Crippen LogP contribution in [-0.2, 0) is 11.0 Å². The van der Waals surface area contributed by atoms with Gasteiger partial charge in [-0.2, -0.15) is 13.2 Å². The molecule has 0 spiro atoms. The van der Waals surface area contributed by atoms with Gasteiger partial charge in [-0.3, -0.25) is 9.20 Å². The standard InChI is InChI=1S/C16H12ClF3N4O2S/c1-26-12-5-3-2-4-11(12)21-13(25)8-27-15-23-22-14-10(17)6-9(7-24(14)15)16(18,19)20/h2-7H,8H2,1H3,(H,21,25). The highest BCUT2D eigenvalue weighted by molar-refractivity contribution is 7.99. The van der Waals surface area contributed by atoms with Crippen molar-refractivity contribution >= 4 is 40.6 Å². The Hall–Kier alpha value is -2.46. The van der Waals surface area contributed by atoms with Crippen LogP contribution in [0.3, 0.4) is 0 Å². The number of carbonyl (C=O) groups is 1. The highest BCUT2D eigenvalue weighted by atomic mass is 35.5. The predicted octanol–water partition coefficient (Wildman–Crippen LogP) is 4.14. The number of benzene rings is 1. The maximum absolute atomic E-state index is 13.0. The molecule has 0 atom stereocenters. The smallest absolute Gasteiger partial charge is 0.417 e. The van der Waals surface area contributed by atoms with Crippen molar-refractivity contribution in [2.24, 2.45) is 0 Å². The number of rotatable bonds is 5. The summed E-state index contributed by atoms with van der Waals surface area (Å²) in [6.07, 6.45) is -3.72. The van der Waals surface area contributed by atoms with Crippen molar-refractivity contribution in [3.63, 3.8) is 0 Å². The first-order chi connectivity index (χ1) is 12.8. The lowest BCUT2D eigenvalue weighted by molar-refractivity contribution is -0.137. The number of aromatic nitrogens is 3. The number of hydrogen-bond acceptors (Lipinski definition) is 5. The number of anilines is 1. The van der Waals surface area contributed by atoms with Gasteiger partial charge in [0, 0.05) is 6.20 Å². The Bertz CT molecular complexity index is 993. The molecule has 0 saturated heterocycles. The van der Waals surface area contributed by atoms with Crippen molar-refractivity contribution in [2.75, 3.05) is 18.2 Å². The van der Waals surface area contributed by atoms with Crippen molar-refractivity contribution in [3.8, 4) is 5.75 Å². The van der Waals surface area contributed by atoms with E-state index >= 15 is 0 Å². The number of hydrogen-bond donors (Lipinski definition) is 1. The van der Waals surface area contributed by atoms with Crippen LogP contribution in [0.15, 0.2) is 41.7 Å². The first-order valence-electron chi connectivity index (χ1n) is 7.46. The predicted molar refractivity (Wildman–Crippen MR) is 95.3 cm³/mol. The molecule has 6 nitrogen and oxygen atoms in total. The second kappa shape index (κ2) is 7.65. The van der Waals surface area contributed by atoms with E-state index in [1.54, 1.807) is 24.3 Å². The van der Waals surface area contributed by atoms with Crippen molar-refractivity contribution in [3.05, 3.63) is 47.1 Å². The van der Waals surface area contributed by atoms with Gasteiger partial charge in [0.25, 0.3) is 0 Å². The van der Waals surface area contributed by atoms with E-state index in [0.29, 0.717) is 11.4 Å². The third kappa shape index (κ3) is 4.28. The van der Waals surface area contributed by atoms with Gasteiger partial charge in [-0.1, -0.05) is 35.5 Å². The highest BCUT2D eigenvalue weighted by Gasteiger charge is 2.32. The fourth-order valence-corrected chi connectivity index (χ4v) is 3.21. The summed E-state index contributed by atoms with van der Waals surface area (Å²) >= 11 is 6.80. The Labute approximate surface area is 160 Å². The van der Waals surface area contributed by atoms with E-state index in [0.717, 1.165) is 28.4 Å². The topological polar surface area (TPSA) is 68.5 Å². The number of nitrogens with one attached hydrogen (secondary N) is 1. The average Bonchev–Trinajstić information content (AvgIpc) is 3.03. The summed E-state index contributed by atoms with van der Waals surface area (Å²) in [6, 6.07) is 7.64. The van der Waals surface area contributed by atoms with E-state index in [2.05, 4.69) is 15.5 Å². The number of amides is 1. The molecule has 0 aliphatic heterocycles. The van der Waals surface area contributed by atoms with Crippen LogP contribution in [0.1, 0.15) is 5.56 Å². The maximum atomic E-state index is 13.0. The molecular formula is C16H12ClF3N4O2S. The van der Waals surface area contributed by atoms with Crippen molar-refractivity contribution < 1.29 is 22.7 Å². The maximum Gasteiger partial charge on any atom is 0.417 e. The Balaban J connectivity index is 1.77. The van der Waals surface area contributed by atoms with Crippen LogP contribution >= 0.6 is 23.4 Å². The summed E-state index contributed by atoms with van der Waals surface area (Å²) in [5.41, 5.74) is -0.364. The molecule has 27 heavy (non-hydrogen) atoms. The minimum Gasteiger partial charge on any atom is -0.495 e. The van der Waals surface area contributed by atoms with E-state index in [4.69, 9.17) is 16.3 Å². The van der Waals surface area contributed by atoms with Crippen LogP contribution in [0.5, 0.6) is 5.75 Å². The largest absolute Gasteiger partial charge is 0.495 e. The van der Waals surface area contributed by atoms with Gasteiger partial charge in [-0.05, 0) is 18.2 Å². The zero-order chi connectivity index (χ0) is 19.6. The highest BCUT2D eigenvalue weighted by Crippen LogP contribution is 2.33.